The molecular weight excluding hydrogens is 244 g/mol. The molecule has 0 spiro atoms. The standard InChI is InChI=1S/C13H20N4S/c1-9-4-5-11(12(14)18)13(15-9)17-7-6-16(3)8-10(17)2/h4-5,10H,6-8H2,1-3H3,(H2,14,18). The van der Waals surface area contributed by atoms with Gasteiger partial charge in [-0.2, -0.15) is 0 Å². The Kier molecular flexibility index (Phi) is 3.82. The first-order valence-electron chi connectivity index (χ1n) is 6.21. The van der Waals surface area contributed by atoms with Crippen molar-refractivity contribution in [1.29, 1.82) is 0 Å². The molecule has 0 radical (unpaired) electrons. The number of piperazine rings is 1. The number of likely N-dealkylation sites (N-methyl/N-ethyl adjacent to an activating group) is 1. The van der Waals surface area contributed by atoms with E-state index in [1.165, 1.54) is 0 Å². The third-order valence-corrected chi connectivity index (χ3v) is 3.60. The summed E-state index contributed by atoms with van der Waals surface area (Å²) in [4.78, 5) is 9.69. The van der Waals surface area contributed by atoms with Crippen molar-refractivity contribution in [2.24, 2.45) is 5.73 Å². The average Bonchev–Trinajstić information content (AvgIpc) is 2.28. The van der Waals surface area contributed by atoms with E-state index in [0.29, 0.717) is 11.0 Å². The van der Waals surface area contributed by atoms with Gasteiger partial charge in [-0.05, 0) is 33.0 Å². The van der Waals surface area contributed by atoms with Gasteiger partial charge < -0.3 is 15.5 Å². The van der Waals surface area contributed by atoms with Gasteiger partial charge in [0, 0.05) is 31.4 Å². The Morgan fingerprint density at radius 1 is 1.44 bits per heavy atom. The number of aryl methyl sites for hydroxylation is 1. The number of aromatic nitrogens is 1. The summed E-state index contributed by atoms with van der Waals surface area (Å²) < 4.78 is 0. The molecule has 0 aliphatic carbocycles. The second-order valence-electron chi connectivity index (χ2n) is 4.99. The van der Waals surface area contributed by atoms with Gasteiger partial charge in [-0.15, -0.1) is 0 Å². The van der Waals surface area contributed by atoms with Crippen LogP contribution in [0.4, 0.5) is 5.82 Å². The SMILES string of the molecule is Cc1ccc(C(N)=S)c(N2CCN(C)CC2C)n1. The number of nitrogens with two attached hydrogens (primary N) is 1. The maximum atomic E-state index is 5.80. The Bertz CT molecular complexity index is 460. The normalized spacial score (nSPS) is 21.1. The summed E-state index contributed by atoms with van der Waals surface area (Å²) in [6.07, 6.45) is 0. The first kappa shape index (κ1) is 13.2. The predicted molar refractivity (Wildman–Crippen MR) is 79.2 cm³/mol. The molecule has 1 atom stereocenters. The molecule has 0 saturated carbocycles. The summed E-state index contributed by atoms with van der Waals surface area (Å²) in [5.41, 5.74) is 7.68. The topological polar surface area (TPSA) is 45.4 Å². The van der Waals surface area contributed by atoms with E-state index in [2.05, 4.69) is 28.8 Å². The maximum absolute atomic E-state index is 5.80. The smallest absolute Gasteiger partial charge is 0.139 e. The summed E-state index contributed by atoms with van der Waals surface area (Å²) in [5, 5.41) is 0. The molecular formula is C13H20N4S. The van der Waals surface area contributed by atoms with E-state index in [0.717, 1.165) is 36.7 Å². The van der Waals surface area contributed by atoms with Crippen LogP contribution in [-0.4, -0.2) is 47.6 Å². The molecule has 98 valence electrons. The molecule has 1 fully saturated rings. The van der Waals surface area contributed by atoms with Crippen molar-refractivity contribution < 1.29 is 0 Å². The third-order valence-electron chi connectivity index (χ3n) is 3.38. The van der Waals surface area contributed by atoms with Crippen LogP contribution >= 0.6 is 12.2 Å². The van der Waals surface area contributed by atoms with Crippen LogP contribution in [-0.2, 0) is 0 Å². The van der Waals surface area contributed by atoms with Crippen molar-refractivity contribution in [2.45, 2.75) is 19.9 Å². The third kappa shape index (κ3) is 2.62. The second-order valence-corrected chi connectivity index (χ2v) is 5.43. The average molecular weight is 264 g/mol. The largest absolute Gasteiger partial charge is 0.389 e. The molecule has 4 nitrogen and oxygen atoms in total. The minimum absolute atomic E-state index is 0.420. The van der Waals surface area contributed by atoms with E-state index < -0.39 is 0 Å². The van der Waals surface area contributed by atoms with Gasteiger partial charge in [0.15, 0.2) is 0 Å². The van der Waals surface area contributed by atoms with Crippen LogP contribution in [0.25, 0.3) is 0 Å². The number of anilines is 1. The van der Waals surface area contributed by atoms with Gasteiger partial charge in [0.25, 0.3) is 0 Å². The van der Waals surface area contributed by atoms with Crippen molar-refractivity contribution >= 4 is 23.0 Å². The van der Waals surface area contributed by atoms with Crippen LogP contribution in [0.5, 0.6) is 0 Å². The highest BCUT2D eigenvalue weighted by molar-refractivity contribution is 7.80. The van der Waals surface area contributed by atoms with Crippen LogP contribution in [0.15, 0.2) is 12.1 Å². The van der Waals surface area contributed by atoms with Crippen molar-refractivity contribution in [3.05, 3.63) is 23.4 Å². The molecule has 1 aromatic heterocycles. The molecule has 2 heterocycles. The molecule has 18 heavy (non-hydrogen) atoms. The number of nitrogens with zero attached hydrogens (tertiary/aromatic N) is 3. The molecule has 0 bridgehead atoms. The molecule has 1 aliphatic heterocycles. The first-order valence-corrected chi connectivity index (χ1v) is 6.62. The van der Waals surface area contributed by atoms with E-state index in [4.69, 9.17) is 18.0 Å². The number of hydrogen-bond acceptors (Lipinski definition) is 4. The quantitative estimate of drug-likeness (QED) is 0.812. The lowest BCUT2D eigenvalue weighted by atomic mass is 10.1. The van der Waals surface area contributed by atoms with Crippen LogP contribution in [0.2, 0.25) is 0 Å². The van der Waals surface area contributed by atoms with E-state index in [-0.39, 0.29) is 0 Å². The molecule has 2 rings (SSSR count). The number of hydrogen-bond donors (Lipinski definition) is 1. The van der Waals surface area contributed by atoms with E-state index in [1.807, 2.05) is 19.1 Å². The van der Waals surface area contributed by atoms with E-state index in [9.17, 15) is 0 Å². The monoisotopic (exact) mass is 264 g/mol. The number of thiocarbonyl (C=S) groups is 1. The lowest BCUT2D eigenvalue weighted by Crippen LogP contribution is -2.51. The maximum Gasteiger partial charge on any atom is 0.139 e. The van der Waals surface area contributed by atoms with Crippen LogP contribution in [0.1, 0.15) is 18.2 Å². The van der Waals surface area contributed by atoms with Gasteiger partial charge in [-0.25, -0.2) is 4.98 Å². The first-order chi connectivity index (χ1) is 8.49. The fraction of sp³-hybridized carbons (Fsp3) is 0.538. The summed E-state index contributed by atoms with van der Waals surface area (Å²) >= 11 is 5.12. The summed E-state index contributed by atoms with van der Waals surface area (Å²) in [5.74, 6) is 0.933. The summed E-state index contributed by atoms with van der Waals surface area (Å²) in [6.45, 7) is 7.24. The minimum atomic E-state index is 0.420. The van der Waals surface area contributed by atoms with E-state index >= 15 is 0 Å². The Morgan fingerprint density at radius 3 is 2.78 bits per heavy atom. The number of pyridine rings is 1. The number of rotatable bonds is 2. The van der Waals surface area contributed by atoms with Crippen LogP contribution < -0.4 is 10.6 Å². The zero-order valence-electron chi connectivity index (χ0n) is 11.2. The van der Waals surface area contributed by atoms with Gasteiger partial charge in [-0.1, -0.05) is 12.2 Å². The Balaban J connectivity index is 2.37. The molecule has 0 aromatic carbocycles. The predicted octanol–water partition coefficient (Wildman–Crippen LogP) is 1.16. The summed E-state index contributed by atoms with van der Waals surface area (Å²) in [7, 11) is 2.14. The lowest BCUT2D eigenvalue weighted by Gasteiger charge is -2.39. The van der Waals surface area contributed by atoms with Crippen molar-refractivity contribution in [1.82, 2.24) is 9.88 Å². The Labute approximate surface area is 114 Å². The van der Waals surface area contributed by atoms with Crippen molar-refractivity contribution in [2.75, 3.05) is 31.6 Å². The molecule has 1 saturated heterocycles. The van der Waals surface area contributed by atoms with Gasteiger partial charge in [-0.3, -0.25) is 0 Å². The molecule has 2 N–H and O–H groups in total. The van der Waals surface area contributed by atoms with Gasteiger partial charge >= 0.3 is 0 Å². The second kappa shape index (κ2) is 5.20. The molecule has 1 aliphatic rings. The zero-order chi connectivity index (χ0) is 13.3. The minimum Gasteiger partial charge on any atom is -0.389 e. The zero-order valence-corrected chi connectivity index (χ0v) is 12.0. The van der Waals surface area contributed by atoms with Crippen LogP contribution in [0, 0.1) is 6.92 Å². The highest BCUT2D eigenvalue weighted by Crippen LogP contribution is 2.23. The van der Waals surface area contributed by atoms with Crippen LogP contribution in [0.3, 0.4) is 0 Å². The Hall–Kier alpha value is -1.20. The summed E-state index contributed by atoms with van der Waals surface area (Å²) in [6, 6.07) is 4.36. The Morgan fingerprint density at radius 2 is 2.17 bits per heavy atom. The van der Waals surface area contributed by atoms with Crippen molar-refractivity contribution in [3.63, 3.8) is 0 Å². The van der Waals surface area contributed by atoms with Gasteiger partial charge in [0.2, 0.25) is 0 Å². The molecule has 1 unspecified atom stereocenters. The van der Waals surface area contributed by atoms with Crippen molar-refractivity contribution in [3.8, 4) is 0 Å². The van der Waals surface area contributed by atoms with Gasteiger partial charge in [0.05, 0.1) is 5.56 Å². The highest BCUT2D eigenvalue weighted by atomic mass is 32.1. The molecule has 5 heteroatoms. The van der Waals surface area contributed by atoms with E-state index in [1.54, 1.807) is 0 Å². The fourth-order valence-electron chi connectivity index (χ4n) is 2.41. The fourth-order valence-corrected chi connectivity index (χ4v) is 2.57. The lowest BCUT2D eigenvalue weighted by molar-refractivity contribution is 0.274. The van der Waals surface area contributed by atoms with Gasteiger partial charge in [0.1, 0.15) is 10.8 Å². The highest BCUT2D eigenvalue weighted by Gasteiger charge is 2.25. The molecule has 0 amide bonds. The molecule has 1 aromatic rings.